The van der Waals surface area contributed by atoms with Gasteiger partial charge in [-0.3, -0.25) is 0 Å². The molecule has 0 amide bonds. The fraction of sp³-hybridized carbons (Fsp3) is 0.733. The molecular weight excluding hydrogens is 258 g/mol. The van der Waals surface area contributed by atoms with E-state index in [2.05, 4.69) is 35.8 Å². The Balaban J connectivity index is 2.13. The predicted octanol–water partition coefficient (Wildman–Crippen LogP) is 3.97. The van der Waals surface area contributed by atoms with Crippen LogP contribution in [-0.4, -0.2) is 23.6 Å². The van der Waals surface area contributed by atoms with Crippen molar-refractivity contribution in [3.05, 3.63) is 17.7 Å². The number of rotatable bonds is 5. The van der Waals surface area contributed by atoms with E-state index in [1.54, 1.807) is 0 Å². The lowest BCUT2D eigenvalue weighted by Gasteiger charge is -2.24. The van der Waals surface area contributed by atoms with E-state index in [1.165, 1.54) is 25.7 Å². The van der Waals surface area contributed by atoms with E-state index in [-0.39, 0.29) is 0 Å². The van der Waals surface area contributed by atoms with Gasteiger partial charge in [0.1, 0.15) is 5.82 Å². The smallest absolute Gasteiger partial charge is 0.131 e. The average molecular weight is 282 g/mol. The van der Waals surface area contributed by atoms with Gasteiger partial charge >= 0.3 is 0 Å². The molecule has 4 heteroatoms. The summed E-state index contributed by atoms with van der Waals surface area (Å²) in [7, 11) is 2.13. The molecule has 0 radical (unpaired) electrons. The molecule has 0 bridgehead atoms. The largest absolute Gasteiger partial charge is 0.372 e. The second kappa shape index (κ2) is 6.56. The number of aromatic nitrogens is 2. The van der Waals surface area contributed by atoms with Gasteiger partial charge in [-0.2, -0.15) is 0 Å². The number of anilines is 1. The van der Waals surface area contributed by atoms with Crippen molar-refractivity contribution in [3.8, 4) is 0 Å². The van der Waals surface area contributed by atoms with Gasteiger partial charge in [-0.15, -0.1) is 11.6 Å². The molecular formula is C15H24ClN3. The number of halogens is 1. The Kier molecular flexibility index (Phi) is 5.03. The molecule has 0 unspecified atom stereocenters. The summed E-state index contributed by atoms with van der Waals surface area (Å²) in [6.45, 7) is 5.30. The van der Waals surface area contributed by atoms with Crippen molar-refractivity contribution in [1.29, 1.82) is 0 Å². The van der Waals surface area contributed by atoms with Crippen LogP contribution in [0, 0.1) is 5.92 Å². The molecule has 0 aliphatic heterocycles. The minimum absolute atomic E-state index is 0.344. The van der Waals surface area contributed by atoms with E-state index in [0.717, 1.165) is 29.7 Å². The molecule has 1 heterocycles. The normalized spacial score (nSPS) is 16.3. The van der Waals surface area contributed by atoms with Gasteiger partial charge in [-0.1, -0.05) is 26.7 Å². The summed E-state index contributed by atoms with van der Waals surface area (Å²) in [4.78, 5) is 11.3. The molecule has 0 spiro atoms. The molecule has 1 aromatic heterocycles. The summed E-state index contributed by atoms with van der Waals surface area (Å²) in [5.74, 6) is 2.50. The maximum absolute atomic E-state index is 6.05. The molecule has 0 atom stereocenters. The lowest BCUT2D eigenvalue weighted by atomic mass is 10.1. The summed E-state index contributed by atoms with van der Waals surface area (Å²) in [5, 5.41) is 0. The topological polar surface area (TPSA) is 29.0 Å². The third-order valence-electron chi connectivity index (χ3n) is 3.93. The highest BCUT2D eigenvalue weighted by Gasteiger charge is 2.19. The lowest BCUT2D eigenvalue weighted by molar-refractivity contribution is 0.545. The zero-order valence-electron chi connectivity index (χ0n) is 12.2. The molecule has 1 aliphatic rings. The SMILES string of the molecule is CC(C)c1ncc(N(C)CC2CCCC2)c(CCl)n1. The Morgan fingerprint density at radius 1 is 1.37 bits per heavy atom. The highest BCUT2D eigenvalue weighted by Crippen LogP contribution is 2.28. The minimum Gasteiger partial charge on any atom is -0.372 e. The zero-order chi connectivity index (χ0) is 13.8. The van der Waals surface area contributed by atoms with Crippen LogP contribution in [0.2, 0.25) is 0 Å². The van der Waals surface area contributed by atoms with Gasteiger partial charge in [-0.05, 0) is 18.8 Å². The first-order chi connectivity index (χ1) is 9.11. The van der Waals surface area contributed by atoms with Crippen molar-refractivity contribution in [3.63, 3.8) is 0 Å². The average Bonchev–Trinajstić information content (AvgIpc) is 2.90. The maximum atomic E-state index is 6.05. The highest BCUT2D eigenvalue weighted by atomic mass is 35.5. The second-order valence-corrected chi connectivity index (χ2v) is 6.15. The van der Waals surface area contributed by atoms with E-state index >= 15 is 0 Å². The Morgan fingerprint density at radius 3 is 2.63 bits per heavy atom. The number of hydrogen-bond acceptors (Lipinski definition) is 3. The fourth-order valence-corrected chi connectivity index (χ4v) is 3.00. The second-order valence-electron chi connectivity index (χ2n) is 5.88. The van der Waals surface area contributed by atoms with Crippen LogP contribution in [0.3, 0.4) is 0 Å². The van der Waals surface area contributed by atoms with E-state index < -0.39 is 0 Å². The molecule has 0 aromatic carbocycles. The van der Waals surface area contributed by atoms with Crippen LogP contribution >= 0.6 is 11.6 Å². The highest BCUT2D eigenvalue weighted by molar-refractivity contribution is 6.17. The van der Waals surface area contributed by atoms with Gasteiger partial charge in [0.2, 0.25) is 0 Å². The van der Waals surface area contributed by atoms with E-state index in [9.17, 15) is 0 Å². The summed E-state index contributed by atoms with van der Waals surface area (Å²) in [6.07, 6.45) is 7.40. The third kappa shape index (κ3) is 3.59. The molecule has 0 N–H and O–H groups in total. The molecule has 106 valence electrons. The zero-order valence-corrected chi connectivity index (χ0v) is 13.0. The predicted molar refractivity (Wildman–Crippen MR) is 80.9 cm³/mol. The van der Waals surface area contributed by atoms with Gasteiger partial charge in [0.05, 0.1) is 23.5 Å². The standard InChI is InChI=1S/C15H24ClN3/c1-11(2)15-17-9-14(13(8-16)18-15)19(3)10-12-6-4-5-7-12/h9,11-12H,4-8,10H2,1-3H3. The van der Waals surface area contributed by atoms with Crippen molar-refractivity contribution in [2.24, 2.45) is 5.92 Å². The quantitative estimate of drug-likeness (QED) is 0.765. The first-order valence-electron chi connectivity index (χ1n) is 7.24. The van der Waals surface area contributed by atoms with Crippen molar-refractivity contribution in [2.45, 2.75) is 51.3 Å². The Morgan fingerprint density at radius 2 is 2.05 bits per heavy atom. The van der Waals surface area contributed by atoms with E-state index in [1.807, 2.05) is 6.20 Å². The number of hydrogen-bond donors (Lipinski definition) is 0. The lowest BCUT2D eigenvalue weighted by Crippen LogP contribution is -2.25. The fourth-order valence-electron chi connectivity index (χ4n) is 2.80. The van der Waals surface area contributed by atoms with E-state index in [4.69, 9.17) is 11.6 Å². The van der Waals surface area contributed by atoms with Crippen molar-refractivity contribution in [1.82, 2.24) is 9.97 Å². The molecule has 0 saturated heterocycles. The van der Waals surface area contributed by atoms with Gasteiger partial charge < -0.3 is 4.90 Å². The maximum Gasteiger partial charge on any atom is 0.131 e. The first kappa shape index (κ1) is 14.6. The van der Waals surface area contributed by atoms with Crippen LogP contribution in [0.1, 0.15) is 57.0 Å². The number of alkyl halides is 1. The van der Waals surface area contributed by atoms with Crippen LogP contribution in [0.15, 0.2) is 6.20 Å². The monoisotopic (exact) mass is 281 g/mol. The molecule has 1 aliphatic carbocycles. The van der Waals surface area contributed by atoms with Gasteiger partial charge in [-0.25, -0.2) is 9.97 Å². The molecule has 1 aromatic rings. The van der Waals surface area contributed by atoms with Crippen LogP contribution in [0.25, 0.3) is 0 Å². The minimum atomic E-state index is 0.344. The molecule has 19 heavy (non-hydrogen) atoms. The third-order valence-corrected chi connectivity index (χ3v) is 4.18. The Labute approximate surface area is 121 Å². The van der Waals surface area contributed by atoms with Gasteiger partial charge in [0, 0.05) is 19.5 Å². The summed E-state index contributed by atoms with van der Waals surface area (Å²) >= 11 is 6.05. The van der Waals surface area contributed by atoms with Crippen LogP contribution in [0.4, 0.5) is 5.69 Å². The Hall–Kier alpha value is -0.830. The number of nitrogens with zero attached hydrogens (tertiary/aromatic N) is 3. The Bertz CT molecular complexity index is 414. The first-order valence-corrected chi connectivity index (χ1v) is 7.78. The van der Waals surface area contributed by atoms with Crippen LogP contribution in [-0.2, 0) is 5.88 Å². The van der Waals surface area contributed by atoms with Gasteiger partial charge in [0.25, 0.3) is 0 Å². The summed E-state index contributed by atoms with van der Waals surface area (Å²) < 4.78 is 0. The molecule has 2 rings (SSSR count). The van der Waals surface area contributed by atoms with Gasteiger partial charge in [0.15, 0.2) is 0 Å². The summed E-state index contributed by atoms with van der Waals surface area (Å²) in [6, 6.07) is 0. The van der Waals surface area contributed by atoms with E-state index in [0.29, 0.717) is 11.8 Å². The van der Waals surface area contributed by atoms with Crippen molar-refractivity contribution >= 4 is 17.3 Å². The van der Waals surface area contributed by atoms with Crippen LogP contribution in [0.5, 0.6) is 0 Å². The van der Waals surface area contributed by atoms with Crippen molar-refractivity contribution in [2.75, 3.05) is 18.5 Å². The van der Waals surface area contributed by atoms with Crippen molar-refractivity contribution < 1.29 is 0 Å². The molecule has 3 nitrogen and oxygen atoms in total. The summed E-state index contributed by atoms with van der Waals surface area (Å²) in [5.41, 5.74) is 2.05. The molecule has 1 fully saturated rings. The molecule has 1 saturated carbocycles. The van der Waals surface area contributed by atoms with Crippen LogP contribution < -0.4 is 4.90 Å².